The second-order valence-corrected chi connectivity index (χ2v) is 5.05. The Morgan fingerprint density at radius 1 is 1.26 bits per heavy atom. The van der Waals surface area contributed by atoms with Crippen molar-refractivity contribution in [2.45, 2.75) is 53.1 Å². The van der Waals surface area contributed by atoms with Crippen molar-refractivity contribution in [1.29, 1.82) is 0 Å². The van der Waals surface area contributed by atoms with Gasteiger partial charge in [-0.1, -0.05) is 27.2 Å². The second kappa shape index (κ2) is 10.6. The topological polar surface area (TPSA) is 29.5 Å². The standard InChI is InChI=1S/C12H20F2O2.C2H5.Zn/c1-7(2)9-5-4-8(3)6-10(9)16-12(15)11(13)14;1-2;/h7-10,15H,4-6H2,1-3H3;1H2,2H3;/q;-1;/t8-,9+,10-;;/m1../s1. The van der Waals surface area contributed by atoms with Crippen LogP contribution in [0.25, 0.3) is 0 Å². The molecule has 5 heteroatoms. The summed E-state index contributed by atoms with van der Waals surface area (Å²) in [7, 11) is 0. The molecular formula is C14H25F2O2Zn-. The first-order chi connectivity index (χ1) is 8.41. The Balaban J connectivity index is 0. The summed E-state index contributed by atoms with van der Waals surface area (Å²) in [5, 5.41) is 8.97. The maximum Gasteiger partial charge on any atom is 0.349 e. The molecule has 110 valence electrons. The Hall–Kier alpha value is -0.177. The minimum absolute atomic E-state index is 0. The van der Waals surface area contributed by atoms with Crippen LogP contribution in [-0.4, -0.2) is 11.2 Å². The number of rotatable bonds is 3. The molecule has 0 aromatic rings. The predicted molar refractivity (Wildman–Crippen MR) is 69.1 cm³/mol. The van der Waals surface area contributed by atoms with E-state index in [0.29, 0.717) is 11.8 Å². The molecule has 1 rings (SSSR count). The fraction of sp³-hybridized carbons (Fsp3) is 0.786. The van der Waals surface area contributed by atoms with Crippen molar-refractivity contribution in [3.63, 3.8) is 0 Å². The normalized spacial score (nSPS) is 25.8. The van der Waals surface area contributed by atoms with Crippen molar-refractivity contribution in [3.8, 4) is 0 Å². The van der Waals surface area contributed by atoms with E-state index in [1.54, 1.807) is 6.92 Å². The molecule has 1 aliphatic rings. The first kappa shape index (κ1) is 21.1. The minimum Gasteiger partial charge on any atom is -0.477 e. The maximum atomic E-state index is 12.1. The van der Waals surface area contributed by atoms with Gasteiger partial charge in [-0.05, 0) is 30.6 Å². The molecule has 1 aliphatic carbocycles. The summed E-state index contributed by atoms with van der Waals surface area (Å²) < 4.78 is 29.2. The van der Waals surface area contributed by atoms with Gasteiger partial charge >= 0.3 is 12.0 Å². The Bertz CT molecular complexity index is 266. The molecule has 1 fully saturated rings. The molecule has 0 amide bonds. The number of hydrogen-bond donors (Lipinski definition) is 1. The maximum absolute atomic E-state index is 12.1. The van der Waals surface area contributed by atoms with Crippen molar-refractivity contribution in [2.75, 3.05) is 0 Å². The van der Waals surface area contributed by atoms with Crippen LogP contribution in [0.5, 0.6) is 0 Å². The molecule has 0 radical (unpaired) electrons. The van der Waals surface area contributed by atoms with E-state index >= 15 is 0 Å². The summed E-state index contributed by atoms with van der Waals surface area (Å²) in [6.07, 6.45) is 0.391. The molecule has 0 aromatic heterocycles. The van der Waals surface area contributed by atoms with Crippen LogP contribution in [0.4, 0.5) is 8.78 Å². The van der Waals surface area contributed by atoms with E-state index in [2.05, 4.69) is 27.7 Å². The van der Waals surface area contributed by atoms with Crippen molar-refractivity contribution < 1.29 is 38.1 Å². The molecule has 0 spiro atoms. The van der Waals surface area contributed by atoms with Gasteiger partial charge in [0.2, 0.25) is 0 Å². The quantitative estimate of drug-likeness (QED) is 0.452. The van der Waals surface area contributed by atoms with Crippen LogP contribution in [0.2, 0.25) is 0 Å². The molecule has 1 saturated carbocycles. The molecule has 2 nitrogen and oxygen atoms in total. The average molecular weight is 329 g/mol. The van der Waals surface area contributed by atoms with E-state index < -0.39 is 12.0 Å². The van der Waals surface area contributed by atoms with Gasteiger partial charge in [0.1, 0.15) is 6.10 Å². The predicted octanol–water partition coefficient (Wildman–Crippen LogP) is 4.93. The zero-order valence-electron chi connectivity index (χ0n) is 12.5. The number of aliphatic hydroxyl groups excluding tert-OH is 1. The number of halogens is 2. The van der Waals surface area contributed by atoms with Crippen molar-refractivity contribution in [1.82, 2.24) is 0 Å². The van der Waals surface area contributed by atoms with Gasteiger partial charge in [-0.25, -0.2) is 0 Å². The van der Waals surface area contributed by atoms with Gasteiger partial charge in [0.15, 0.2) is 0 Å². The zero-order valence-corrected chi connectivity index (χ0v) is 15.4. The Labute approximate surface area is 128 Å². The van der Waals surface area contributed by atoms with E-state index in [-0.39, 0.29) is 31.5 Å². The largest absolute Gasteiger partial charge is 0.477 e. The van der Waals surface area contributed by atoms with E-state index in [1.165, 1.54) is 0 Å². The van der Waals surface area contributed by atoms with Gasteiger partial charge in [0, 0.05) is 19.5 Å². The molecule has 3 atom stereocenters. The van der Waals surface area contributed by atoms with Crippen molar-refractivity contribution in [2.24, 2.45) is 17.8 Å². The Morgan fingerprint density at radius 2 is 1.79 bits per heavy atom. The van der Waals surface area contributed by atoms with Gasteiger partial charge < -0.3 is 16.8 Å². The molecule has 1 N–H and O–H groups in total. The van der Waals surface area contributed by atoms with Crippen molar-refractivity contribution >= 4 is 0 Å². The third-order valence-electron chi connectivity index (χ3n) is 3.39. The van der Waals surface area contributed by atoms with E-state index in [9.17, 15) is 8.78 Å². The van der Waals surface area contributed by atoms with Crippen LogP contribution in [-0.2, 0) is 24.2 Å². The molecule has 0 aromatic carbocycles. The third kappa shape index (κ3) is 7.24. The third-order valence-corrected chi connectivity index (χ3v) is 3.39. The van der Waals surface area contributed by atoms with Gasteiger partial charge in [0.25, 0.3) is 0 Å². The van der Waals surface area contributed by atoms with E-state index in [0.717, 1.165) is 19.3 Å². The summed E-state index contributed by atoms with van der Waals surface area (Å²) in [6, 6.07) is 0. The number of ether oxygens (including phenoxy) is 1. The Morgan fingerprint density at radius 3 is 2.21 bits per heavy atom. The number of aliphatic hydroxyl groups is 1. The number of hydrogen-bond acceptors (Lipinski definition) is 2. The van der Waals surface area contributed by atoms with Gasteiger partial charge in [-0.2, -0.15) is 15.7 Å². The first-order valence-electron chi connectivity index (χ1n) is 6.53. The van der Waals surface area contributed by atoms with Crippen molar-refractivity contribution in [3.05, 3.63) is 18.9 Å². The smallest absolute Gasteiger partial charge is 0.349 e. The summed E-state index contributed by atoms with van der Waals surface area (Å²) in [5.41, 5.74) is 0. The van der Waals surface area contributed by atoms with Crippen LogP contribution in [0, 0.1) is 24.7 Å². The first-order valence-corrected chi connectivity index (χ1v) is 6.53. The monoisotopic (exact) mass is 327 g/mol. The van der Waals surface area contributed by atoms with Crippen LogP contribution in [0.1, 0.15) is 47.0 Å². The molecule has 0 bridgehead atoms. The fourth-order valence-electron chi connectivity index (χ4n) is 2.44. The van der Waals surface area contributed by atoms with Gasteiger partial charge in [0.05, 0.1) is 0 Å². The van der Waals surface area contributed by atoms with Gasteiger partial charge in [-0.3, -0.25) is 0 Å². The zero-order chi connectivity index (χ0) is 14.3. The second-order valence-electron chi connectivity index (χ2n) is 5.05. The summed E-state index contributed by atoms with van der Waals surface area (Å²) >= 11 is 0. The van der Waals surface area contributed by atoms with Crippen LogP contribution in [0.3, 0.4) is 0 Å². The summed E-state index contributed by atoms with van der Waals surface area (Å²) in [4.78, 5) is 0. The minimum atomic E-state index is -2.14. The Kier molecular flexibility index (Phi) is 11.8. The van der Waals surface area contributed by atoms with E-state index in [4.69, 9.17) is 9.84 Å². The average Bonchev–Trinajstić information content (AvgIpc) is 2.31. The van der Waals surface area contributed by atoms with Crippen LogP contribution in [0.15, 0.2) is 12.0 Å². The van der Waals surface area contributed by atoms with Crippen LogP contribution < -0.4 is 0 Å². The van der Waals surface area contributed by atoms with E-state index in [1.807, 2.05) is 0 Å². The van der Waals surface area contributed by atoms with Gasteiger partial charge in [-0.15, -0.1) is 0 Å². The molecule has 19 heavy (non-hydrogen) atoms. The SMILES string of the molecule is CC(C)[C@@H]1CC[C@@H](C)C[C@H]1OC(O)=C(F)F.[CH2-]C.[Zn]. The molecule has 0 unspecified atom stereocenters. The molecular weight excluding hydrogens is 304 g/mol. The molecule has 0 aliphatic heterocycles. The molecule has 0 saturated heterocycles. The summed E-state index contributed by atoms with van der Waals surface area (Å²) in [6.45, 7) is 11.2. The molecule has 0 heterocycles. The summed E-state index contributed by atoms with van der Waals surface area (Å²) in [5.74, 6) is -0.106. The van der Waals surface area contributed by atoms with Crippen LogP contribution >= 0.6 is 0 Å². The fourth-order valence-corrected chi connectivity index (χ4v) is 2.44.